The lowest BCUT2D eigenvalue weighted by Gasteiger charge is -2.35. The van der Waals surface area contributed by atoms with Crippen molar-refractivity contribution in [2.24, 2.45) is 0 Å². The Morgan fingerprint density at radius 1 is 0.960 bits per heavy atom. The van der Waals surface area contributed by atoms with Gasteiger partial charge in [-0.2, -0.15) is 5.10 Å². The number of aromatic nitrogens is 6. The van der Waals surface area contributed by atoms with Gasteiger partial charge >= 0.3 is 0 Å². The van der Waals surface area contributed by atoms with Crippen LogP contribution in [0.15, 0.2) is 49.3 Å². The Morgan fingerprint density at radius 3 is 2.40 bits per heavy atom. The molecule has 0 bridgehead atoms. The summed E-state index contributed by atoms with van der Waals surface area (Å²) in [5.74, 6) is 1.42. The number of hydrogen-bond donors (Lipinski definition) is 0. The van der Waals surface area contributed by atoms with E-state index in [-0.39, 0.29) is 5.91 Å². The van der Waals surface area contributed by atoms with Crippen molar-refractivity contribution in [1.29, 1.82) is 0 Å². The third kappa shape index (κ3) is 3.16. The van der Waals surface area contributed by atoms with Gasteiger partial charge in [0.05, 0.1) is 5.56 Å². The molecule has 1 aliphatic rings. The summed E-state index contributed by atoms with van der Waals surface area (Å²) in [5, 5.41) is 12.5. The first-order valence-electron chi connectivity index (χ1n) is 7.94. The molecule has 25 heavy (non-hydrogen) atoms. The first-order chi connectivity index (χ1) is 12.3. The molecule has 3 aromatic rings. The Hall–Kier alpha value is -3.36. The lowest BCUT2D eigenvalue weighted by atomic mass is 10.2. The van der Waals surface area contributed by atoms with E-state index in [4.69, 9.17) is 0 Å². The predicted molar refractivity (Wildman–Crippen MR) is 89.3 cm³/mol. The van der Waals surface area contributed by atoms with Crippen molar-refractivity contribution in [2.75, 3.05) is 31.1 Å². The summed E-state index contributed by atoms with van der Waals surface area (Å²) in [4.78, 5) is 24.3. The van der Waals surface area contributed by atoms with Gasteiger partial charge in [0, 0.05) is 38.6 Å². The summed E-state index contributed by atoms with van der Waals surface area (Å²) in [7, 11) is 0. The molecule has 0 radical (unpaired) electrons. The van der Waals surface area contributed by atoms with Crippen LogP contribution in [0, 0.1) is 0 Å². The summed E-state index contributed by atoms with van der Waals surface area (Å²) in [6.07, 6.45) is 6.29. The number of nitrogens with zero attached hydrogens (tertiary/aromatic N) is 8. The van der Waals surface area contributed by atoms with Crippen molar-refractivity contribution in [2.45, 2.75) is 0 Å². The van der Waals surface area contributed by atoms with E-state index in [2.05, 4.69) is 30.2 Å². The lowest BCUT2D eigenvalue weighted by Crippen LogP contribution is -2.49. The molecule has 3 aromatic heterocycles. The normalized spacial score (nSPS) is 14.6. The lowest BCUT2D eigenvalue weighted by molar-refractivity contribution is 0.0746. The van der Waals surface area contributed by atoms with Gasteiger partial charge < -0.3 is 9.80 Å². The van der Waals surface area contributed by atoms with Crippen LogP contribution in [0.3, 0.4) is 0 Å². The molecular weight excluding hydrogens is 320 g/mol. The molecule has 1 fully saturated rings. The minimum absolute atomic E-state index is 0.0142. The van der Waals surface area contributed by atoms with Crippen LogP contribution in [0.5, 0.6) is 0 Å². The molecule has 0 saturated carbocycles. The van der Waals surface area contributed by atoms with E-state index in [1.54, 1.807) is 35.5 Å². The summed E-state index contributed by atoms with van der Waals surface area (Å²) in [6, 6.07) is 7.32. The highest BCUT2D eigenvalue weighted by atomic mass is 16.2. The van der Waals surface area contributed by atoms with Crippen LogP contribution in [-0.2, 0) is 0 Å². The highest BCUT2D eigenvalue weighted by Crippen LogP contribution is 2.15. The van der Waals surface area contributed by atoms with Crippen LogP contribution in [0.25, 0.3) is 5.82 Å². The first kappa shape index (κ1) is 15.2. The predicted octanol–water partition coefficient (Wildman–Crippen LogP) is 0.415. The third-order valence-electron chi connectivity index (χ3n) is 4.09. The molecule has 0 N–H and O–H groups in total. The number of rotatable bonds is 3. The number of amides is 1. The van der Waals surface area contributed by atoms with Crippen LogP contribution in [0.2, 0.25) is 0 Å². The highest BCUT2D eigenvalue weighted by Gasteiger charge is 2.23. The minimum atomic E-state index is 0.0142. The van der Waals surface area contributed by atoms with Crippen LogP contribution < -0.4 is 4.90 Å². The van der Waals surface area contributed by atoms with Crippen molar-refractivity contribution < 1.29 is 4.79 Å². The minimum Gasteiger partial charge on any atom is -0.352 e. The van der Waals surface area contributed by atoms with E-state index in [9.17, 15) is 4.79 Å². The average molecular weight is 336 g/mol. The Morgan fingerprint density at radius 2 is 1.76 bits per heavy atom. The molecular formula is C16H16N8O. The molecule has 1 saturated heterocycles. The van der Waals surface area contributed by atoms with E-state index in [0.717, 1.165) is 5.82 Å². The van der Waals surface area contributed by atoms with Crippen LogP contribution >= 0.6 is 0 Å². The summed E-state index contributed by atoms with van der Waals surface area (Å²) >= 11 is 0. The fraction of sp³-hybridized carbons (Fsp3) is 0.250. The molecule has 1 amide bonds. The number of piperazine rings is 1. The maximum atomic E-state index is 12.4. The highest BCUT2D eigenvalue weighted by molar-refractivity contribution is 5.94. The van der Waals surface area contributed by atoms with E-state index in [1.165, 1.54) is 6.33 Å². The van der Waals surface area contributed by atoms with Gasteiger partial charge in [-0.1, -0.05) is 0 Å². The second-order valence-electron chi connectivity index (χ2n) is 5.61. The fourth-order valence-corrected chi connectivity index (χ4v) is 2.75. The van der Waals surface area contributed by atoms with Crippen LogP contribution in [-0.4, -0.2) is 66.9 Å². The molecule has 0 aromatic carbocycles. The number of carbonyl (C=O) groups is 1. The van der Waals surface area contributed by atoms with Gasteiger partial charge in [0.2, 0.25) is 0 Å². The van der Waals surface area contributed by atoms with E-state index in [1.807, 2.05) is 17.0 Å². The number of carbonyl (C=O) groups excluding carboxylic acids is 1. The first-order valence-corrected chi connectivity index (χ1v) is 7.94. The second kappa shape index (κ2) is 6.63. The van der Waals surface area contributed by atoms with Crippen molar-refractivity contribution in [3.8, 4) is 5.82 Å². The van der Waals surface area contributed by atoms with Gasteiger partial charge in [0.1, 0.15) is 12.7 Å². The van der Waals surface area contributed by atoms with Gasteiger partial charge in [-0.05, 0) is 24.3 Å². The maximum Gasteiger partial charge on any atom is 0.255 e. The zero-order valence-corrected chi connectivity index (χ0v) is 13.4. The smallest absolute Gasteiger partial charge is 0.255 e. The second-order valence-corrected chi connectivity index (χ2v) is 5.61. The third-order valence-corrected chi connectivity index (χ3v) is 4.09. The average Bonchev–Trinajstić information content (AvgIpc) is 3.23. The molecule has 0 spiro atoms. The Labute approximate surface area is 143 Å². The number of anilines is 1. The SMILES string of the molecule is O=C(c1cccnc1)N1CCN(c2ccc(-n3cncn3)nn2)CC1. The zero-order valence-electron chi connectivity index (χ0n) is 13.4. The number of pyridine rings is 1. The van der Waals surface area contributed by atoms with Gasteiger partial charge in [-0.15, -0.1) is 10.2 Å². The maximum absolute atomic E-state index is 12.4. The van der Waals surface area contributed by atoms with Crippen molar-refractivity contribution in [1.82, 2.24) is 34.8 Å². The molecule has 1 aliphatic heterocycles. The molecule has 9 nitrogen and oxygen atoms in total. The Bertz CT molecular complexity index is 826. The molecule has 4 heterocycles. The van der Waals surface area contributed by atoms with Crippen molar-refractivity contribution in [3.63, 3.8) is 0 Å². The van der Waals surface area contributed by atoms with Crippen molar-refractivity contribution >= 4 is 11.7 Å². The van der Waals surface area contributed by atoms with Crippen LogP contribution in [0.4, 0.5) is 5.82 Å². The molecule has 0 atom stereocenters. The largest absolute Gasteiger partial charge is 0.352 e. The summed E-state index contributed by atoms with van der Waals surface area (Å²) < 4.78 is 1.56. The fourth-order valence-electron chi connectivity index (χ4n) is 2.75. The Balaban J connectivity index is 1.39. The molecule has 0 unspecified atom stereocenters. The number of hydrogen-bond acceptors (Lipinski definition) is 7. The van der Waals surface area contributed by atoms with Gasteiger partial charge in [0.25, 0.3) is 5.91 Å². The summed E-state index contributed by atoms with van der Waals surface area (Å²) in [5.41, 5.74) is 0.618. The van der Waals surface area contributed by atoms with Gasteiger partial charge in [0.15, 0.2) is 11.6 Å². The van der Waals surface area contributed by atoms with Gasteiger partial charge in [-0.25, -0.2) is 9.67 Å². The van der Waals surface area contributed by atoms with Crippen molar-refractivity contribution in [3.05, 3.63) is 54.9 Å². The molecule has 9 heteroatoms. The summed E-state index contributed by atoms with van der Waals surface area (Å²) in [6.45, 7) is 2.70. The van der Waals surface area contributed by atoms with Gasteiger partial charge in [-0.3, -0.25) is 9.78 Å². The van der Waals surface area contributed by atoms with E-state index in [0.29, 0.717) is 37.6 Å². The standard InChI is InChI=1S/C16H16N8O/c25-16(13-2-1-5-17-10-13)23-8-6-22(7-9-23)14-3-4-15(21-20-14)24-12-18-11-19-24/h1-5,10-12H,6-9H2. The monoisotopic (exact) mass is 336 g/mol. The Kier molecular flexibility index (Phi) is 4.03. The topological polar surface area (TPSA) is 92.9 Å². The quantitative estimate of drug-likeness (QED) is 0.684. The zero-order chi connectivity index (χ0) is 17.1. The van der Waals surface area contributed by atoms with Crippen LogP contribution in [0.1, 0.15) is 10.4 Å². The molecule has 4 rings (SSSR count). The van der Waals surface area contributed by atoms with E-state index < -0.39 is 0 Å². The molecule has 0 aliphatic carbocycles. The molecule has 126 valence electrons. The van der Waals surface area contributed by atoms with E-state index >= 15 is 0 Å².